The van der Waals surface area contributed by atoms with Crippen molar-refractivity contribution in [3.8, 4) is 0 Å². The van der Waals surface area contributed by atoms with Crippen molar-refractivity contribution in [2.75, 3.05) is 0 Å². The van der Waals surface area contributed by atoms with E-state index >= 15 is 0 Å². The Bertz CT molecular complexity index is 244. The lowest BCUT2D eigenvalue weighted by Gasteiger charge is -1.99. The van der Waals surface area contributed by atoms with Crippen LogP contribution in [0.2, 0.25) is 0 Å². The van der Waals surface area contributed by atoms with Crippen LogP contribution in [0.4, 0.5) is 0 Å². The van der Waals surface area contributed by atoms with Gasteiger partial charge in [0, 0.05) is 12.4 Å². The Kier molecular flexibility index (Phi) is 2.50. The number of hydrogen-bond acceptors (Lipinski definition) is 4. The molecule has 1 aromatic rings. The van der Waals surface area contributed by atoms with Gasteiger partial charge in [0.2, 0.25) is 0 Å². The van der Waals surface area contributed by atoms with Crippen molar-refractivity contribution in [1.82, 2.24) is 4.98 Å². The molecule has 0 saturated heterocycles. The standard InChI is InChI=1S/C5H4NS3/c7-9(8)5-1-3-6-4-2-5/h1-4H/q-1. The first-order valence-electron chi connectivity index (χ1n) is 2.30. The van der Waals surface area contributed by atoms with Crippen molar-refractivity contribution >= 4 is 30.4 Å². The summed E-state index contributed by atoms with van der Waals surface area (Å²) < 4.78 is 0. The fraction of sp³-hybridized carbons (Fsp3) is 0. The lowest BCUT2D eigenvalue weighted by atomic mass is 10.5. The van der Waals surface area contributed by atoms with E-state index in [1.54, 1.807) is 12.4 Å². The van der Waals surface area contributed by atoms with Crippen molar-refractivity contribution in [2.45, 2.75) is 4.90 Å². The number of rotatable bonds is 1. The van der Waals surface area contributed by atoms with Crippen LogP contribution in [0.1, 0.15) is 0 Å². The summed E-state index contributed by atoms with van der Waals surface area (Å²) in [4.78, 5) is 4.85. The third kappa shape index (κ3) is 1.97. The first-order valence-corrected chi connectivity index (χ1v) is 5.37. The van der Waals surface area contributed by atoms with Gasteiger partial charge in [0.05, 0.1) is 0 Å². The summed E-state index contributed by atoms with van der Waals surface area (Å²) in [7, 11) is -0.452. The van der Waals surface area contributed by atoms with Gasteiger partial charge in [-0.2, -0.15) is 0 Å². The molecule has 1 heterocycles. The number of pyridine rings is 1. The number of hydrogen-bond donors (Lipinski definition) is 0. The molecule has 48 valence electrons. The number of nitrogens with zero attached hydrogens (tertiary/aromatic N) is 1. The van der Waals surface area contributed by atoms with E-state index in [1.807, 2.05) is 12.1 Å². The predicted octanol–water partition coefficient (Wildman–Crippen LogP) is 0.983. The summed E-state index contributed by atoms with van der Waals surface area (Å²) in [5.74, 6) is 0. The van der Waals surface area contributed by atoms with Gasteiger partial charge in [-0.1, -0.05) is 12.1 Å². The zero-order valence-electron chi connectivity index (χ0n) is 4.48. The average Bonchev–Trinajstić information content (AvgIpc) is 1.90. The maximum absolute atomic E-state index is 4.86. The van der Waals surface area contributed by atoms with Gasteiger partial charge in [-0.3, -0.25) is 27.4 Å². The van der Waals surface area contributed by atoms with Crippen LogP contribution < -0.4 is 0 Å². The molecule has 0 aliphatic carbocycles. The Morgan fingerprint density at radius 3 is 2.11 bits per heavy atom. The van der Waals surface area contributed by atoms with Crippen molar-refractivity contribution in [3.05, 3.63) is 24.5 Å². The van der Waals surface area contributed by atoms with Crippen molar-refractivity contribution < 1.29 is 0 Å². The second-order valence-electron chi connectivity index (χ2n) is 1.42. The lowest BCUT2D eigenvalue weighted by molar-refractivity contribution is 1.27. The van der Waals surface area contributed by atoms with Crippen LogP contribution in [0.3, 0.4) is 0 Å². The molecule has 1 rings (SSSR count). The average molecular weight is 174 g/mol. The highest BCUT2D eigenvalue weighted by atomic mass is 33.1. The van der Waals surface area contributed by atoms with E-state index in [2.05, 4.69) is 4.98 Å². The fourth-order valence-corrected chi connectivity index (χ4v) is 1.46. The summed E-state index contributed by atoms with van der Waals surface area (Å²) in [6, 6.07) is 3.70. The normalized spacial score (nSPS) is 9.89. The van der Waals surface area contributed by atoms with E-state index in [-0.39, 0.29) is 0 Å². The number of aromatic nitrogens is 1. The van der Waals surface area contributed by atoms with Crippen molar-refractivity contribution in [1.29, 1.82) is 0 Å². The molecule has 0 aliphatic rings. The Labute approximate surface area is 65.0 Å². The van der Waals surface area contributed by atoms with Crippen LogP contribution >= 0.6 is 0 Å². The van der Waals surface area contributed by atoms with Gasteiger partial charge in [-0.05, 0) is 0 Å². The Morgan fingerprint density at radius 1 is 1.22 bits per heavy atom. The molecule has 9 heavy (non-hydrogen) atoms. The highest BCUT2D eigenvalue weighted by Crippen LogP contribution is 1.96. The third-order valence-corrected chi connectivity index (χ3v) is 2.65. The van der Waals surface area contributed by atoms with Crippen LogP contribution in [-0.4, -0.2) is 4.98 Å². The molecule has 0 fully saturated rings. The predicted molar refractivity (Wildman–Crippen MR) is 44.6 cm³/mol. The second-order valence-corrected chi connectivity index (χ2v) is 4.99. The molecule has 0 bridgehead atoms. The van der Waals surface area contributed by atoms with E-state index in [1.165, 1.54) is 0 Å². The molecule has 1 nitrogen and oxygen atoms in total. The molecule has 0 saturated carbocycles. The zero-order valence-corrected chi connectivity index (χ0v) is 6.93. The van der Waals surface area contributed by atoms with Gasteiger partial charge in [0.15, 0.2) is 0 Å². The van der Waals surface area contributed by atoms with E-state index in [9.17, 15) is 0 Å². The minimum atomic E-state index is -0.452. The van der Waals surface area contributed by atoms with Gasteiger partial charge in [0.1, 0.15) is 0 Å². The Morgan fingerprint density at radius 2 is 1.78 bits per heavy atom. The molecule has 0 radical (unpaired) electrons. The third-order valence-electron chi connectivity index (χ3n) is 0.842. The van der Waals surface area contributed by atoms with Crippen molar-refractivity contribution in [3.63, 3.8) is 0 Å². The van der Waals surface area contributed by atoms with Crippen LogP contribution in [0.25, 0.3) is 0 Å². The van der Waals surface area contributed by atoms with E-state index in [0.29, 0.717) is 0 Å². The Balaban J connectivity index is 3.13. The monoisotopic (exact) mass is 174 g/mol. The molecule has 0 N–H and O–H groups in total. The maximum Gasteiger partial charge on any atom is 0.0252 e. The molecule has 0 unspecified atom stereocenters. The lowest BCUT2D eigenvalue weighted by Crippen LogP contribution is -1.75. The van der Waals surface area contributed by atoms with Crippen LogP contribution in [0.15, 0.2) is 29.4 Å². The maximum atomic E-state index is 4.86. The zero-order chi connectivity index (χ0) is 6.69. The quantitative estimate of drug-likeness (QED) is 0.589. The molecule has 0 atom stereocenters. The summed E-state index contributed by atoms with van der Waals surface area (Å²) in [5, 5.41) is 0. The summed E-state index contributed by atoms with van der Waals surface area (Å²) >= 11 is 9.72. The molecule has 1 aromatic heterocycles. The first-order chi connectivity index (χ1) is 4.30. The Hall–Kier alpha value is -0.0600. The fourth-order valence-electron chi connectivity index (χ4n) is 0.449. The molecular formula is C5H4NS3-. The van der Waals surface area contributed by atoms with Gasteiger partial charge in [-0.15, -0.1) is 4.90 Å². The van der Waals surface area contributed by atoms with Gasteiger partial charge in [0.25, 0.3) is 0 Å². The van der Waals surface area contributed by atoms with Crippen LogP contribution in [0.5, 0.6) is 0 Å². The summed E-state index contributed by atoms with van der Waals surface area (Å²) in [6.45, 7) is 0. The summed E-state index contributed by atoms with van der Waals surface area (Å²) in [6.07, 6.45) is 3.40. The van der Waals surface area contributed by atoms with Gasteiger partial charge >= 0.3 is 0 Å². The van der Waals surface area contributed by atoms with E-state index in [0.717, 1.165) is 4.90 Å². The van der Waals surface area contributed by atoms with Gasteiger partial charge in [-0.25, -0.2) is 0 Å². The highest BCUT2D eigenvalue weighted by molar-refractivity contribution is 8.46. The van der Waals surface area contributed by atoms with E-state index < -0.39 is 8.01 Å². The highest BCUT2D eigenvalue weighted by Gasteiger charge is 1.72. The molecule has 4 heteroatoms. The molecular weight excluding hydrogens is 170 g/mol. The van der Waals surface area contributed by atoms with Crippen molar-refractivity contribution in [2.24, 2.45) is 0 Å². The summed E-state index contributed by atoms with van der Waals surface area (Å²) in [5.41, 5.74) is 0. The molecule has 0 spiro atoms. The molecule has 0 aromatic carbocycles. The molecule has 0 aliphatic heterocycles. The van der Waals surface area contributed by atoms with Crippen LogP contribution in [0, 0.1) is 0 Å². The minimum Gasteiger partial charge on any atom is -0.319 e. The smallest absolute Gasteiger partial charge is 0.0252 e. The van der Waals surface area contributed by atoms with Gasteiger partial charge < -0.3 is 8.01 Å². The van der Waals surface area contributed by atoms with Crippen LogP contribution in [-0.2, 0) is 30.4 Å². The molecule has 0 amide bonds. The second kappa shape index (κ2) is 3.20. The largest absolute Gasteiger partial charge is 0.319 e. The van der Waals surface area contributed by atoms with E-state index in [4.69, 9.17) is 22.4 Å². The first kappa shape index (κ1) is 7.05. The SMILES string of the molecule is S=[S-](=S)c1ccncc1. The minimum absolute atomic E-state index is 0.452. The topological polar surface area (TPSA) is 12.9 Å².